The predicted molar refractivity (Wildman–Crippen MR) is 77.4 cm³/mol. The van der Waals surface area contributed by atoms with Crippen molar-refractivity contribution in [2.75, 3.05) is 5.32 Å². The lowest BCUT2D eigenvalue weighted by Gasteiger charge is -2.02. The van der Waals surface area contributed by atoms with Crippen molar-refractivity contribution in [3.8, 4) is 0 Å². The van der Waals surface area contributed by atoms with Crippen LogP contribution in [0.2, 0.25) is 0 Å². The van der Waals surface area contributed by atoms with Crippen LogP contribution in [0.5, 0.6) is 0 Å². The number of nitrogens with two attached hydrogens (primary N) is 1. The van der Waals surface area contributed by atoms with Gasteiger partial charge in [-0.2, -0.15) is 5.10 Å². The largest absolute Gasteiger partial charge is 0.326 e. The lowest BCUT2D eigenvalue weighted by atomic mass is 10.1. The Hall–Kier alpha value is -2.14. The number of benzene rings is 1. The number of H-pyrrole nitrogens is 1. The molecule has 0 radical (unpaired) electrons. The highest BCUT2D eigenvalue weighted by molar-refractivity contribution is 6.03. The topological polar surface area (TPSA) is 83.8 Å². The Balaban J connectivity index is 1.67. The third kappa shape index (κ3) is 2.58. The molecular weight excluding hydrogens is 252 g/mol. The zero-order valence-corrected chi connectivity index (χ0v) is 11.4. The van der Waals surface area contributed by atoms with Crippen LogP contribution in [-0.4, -0.2) is 16.1 Å². The van der Waals surface area contributed by atoms with Crippen LogP contribution < -0.4 is 11.1 Å². The fraction of sp³-hybridized carbons (Fsp3) is 0.333. The minimum atomic E-state index is -0.157. The first kappa shape index (κ1) is 12.9. The molecule has 2 aromatic rings. The monoisotopic (exact) mass is 270 g/mol. The lowest BCUT2D eigenvalue weighted by molar-refractivity contribution is 0.102. The molecule has 0 bridgehead atoms. The first-order valence-corrected chi connectivity index (χ1v) is 6.83. The SMILES string of the molecule is CC1CC1c1cc(NC(=O)c2ccc(CN)cc2)n[nH]1. The molecule has 1 aliphatic carbocycles. The summed E-state index contributed by atoms with van der Waals surface area (Å²) < 4.78 is 0. The van der Waals surface area contributed by atoms with Crippen LogP contribution in [0.3, 0.4) is 0 Å². The van der Waals surface area contributed by atoms with Gasteiger partial charge in [0.25, 0.3) is 5.91 Å². The highest BCUT2D eigenvalue weighted by Crippen LogP contribution is 2.46. The average Bonchev–Trinajstić information content (AvgIpc) is 3.01. The summed E-state index contributed by atoms with van der Waals surface area (Å²) in [6.45, 7) is 2.69. The normalized spacial score (nSPS) is 20.7. The second kappa shape index (κ2) is 5.09. The Labute approximate surface area is 117 Å². The molecule has 1 aromatic carbocycles. The summed E-state index contributed by atoms with van der Waals surface area (Å²) in [5.41, 5.74) is 8.25. The number of carbonyl (C=O) groups is 1. The van der Waals surface area contributed by atoms with Crippen molar-refractivity contribution < 1.29 is 4.79 Å². The highest BCUT2D eigenvalue weighted by atomic mass is 16.1. The Bertz CT molecular complexity index is 617. The van der Waals surface area contributed by atoms with Gasteiger partial charge in [-0.15, -0.1) is 0 Å². The summed E-state index contributed by atoms with van der Waals surface area (Å²) >= 11 is 0. The van der Waals surface area contributed by atoms with E-state index in [9.17, 15) is 4.79 Å². The Morgan fingerprint density at radius 1 is 1.45 bits per heavy atom. The van der Waals surface area contributed by atoms with Gasteiger partial charge in [-0.3, -0.25) is 9.89 Å². The molecule has 20 heavy (non-hydrogen) atoms. The average molecular weight is 270 g/mol. The molecule has 1 saturated carbocycles. The second-order valence-electron chi connectivity index (χ2n) is 5.38. The van der Waals surface area contributed by atoms with Crippen molar-refractivity contribution in [3.63, 3.8) is 0 Å². The summed E-state index contributed by atoms with van der Waals surface area (Å²) in [6.07, 6.45) is 1.19. The van der Waals surface area contributed by atoms with Crippen molar-refractivity contribution in [1.29, 1.82) is 0 Å². The zero-order valence-electron chi connectivity index (χ0n) is 11.4. The quantitative estimate of drug-likeness (QED) is 0.796. The molecule has 0 spiro atoms. The number of hydrogen-bond donors (Lipinski definition) is 3. The maximum absolute atomic E-state index is 12.1. The van der Waals surface area contributed by atoms with Crippen molar-refractivity contribution in [2.45, 2.75) is 25.8 Å². The highest BCUT2D eigenvalue weighted by Gasteiger charge is 2.35. The van der Waals surface area contributed by atoms with Crippen molar-refractivity contribution in [1.82, 2.24) is 10.2 Å². The number of amides is 1. The number of nitrogens with zero attached hydrogens (tertiary/aromatic N) is 1. The maximum atomic E-state index is 12.1. The van der Waals surface area contributed by atoms with Crippen molar-refractivity contribution in [2.24, 2.45) is 11.7 Å². The van der Waals surface area contributed by atoms with E-state index in [1.165, 1.54) is 6.42 Å². The van der Waals surface area contributed by atoms with Crippen LogP contribution in [0.25, 0.3) is 0 Å². The molecule has 1 heterocycles. The minimum absolute atomic E-state index is 0.157. The van der Waals surface area contributed by atoms with Crippen LogP contribution in [0.4, 0.5) is 5.82 Å². The number of anilines is 1. The van der Waals surface area contributed by atoms with Gasteiger partial charge in [-0.25, -0.2) is 0 Å². The summed E-state index contributed by atoms with van der Waals surface area (Å²) in [5.74, 6) is 1.70. The van der Waals surface area contributed by atoms with Gasteiger partial charge < -0.3 is 11.1 Å². The van der Waals surface area contributed by atoms with Gasteiger partial charge >= 0.3 is 0 Å². The van der Waals surface area contributed by atoms with Crippen LogP contribution in [0, 0.1) is 5.92 Å². The number of aromatic amines is 1. The van der Waals surface area contributed by atoms with Crippen LogP contribution in [0.15, 0.2) is 30.3 Å². The van der Waals surface area contributed by atoms with E-state index < -0.39 is 0 Å². The van der Waals surface area contributed by atoms with E-state index in [1.54, 1.807) is 12.1 Å². The summed E-state index contributed by atoms with van der Waals surface area (Å²) in [6, 6.07) is 9.18. The maximum Gasteiger partial charge on any atom is 0.256 e. The van der Waals surface area contributed by atoms with Gasteiger partial charge in [0.05, 0.1) is 0 Å². The van der Waals surface area contributed by atoms with E-state index in [2.05, 4.69) is 22.4 Å². The molecule has 1 aromatic heterocycles. The first-order valence-electron chi connectivity index (χ1n) is 6.83. The molecule has 104 valence electrons. The molecule has 3 rings (SSSR count). The molecule has 1 aliphatic rings. The summed E-state index contributed by atoms with van der Waals surface area (Å²) in [7, 11) is 0. The third-order valence-corrected chi connectivity index (χ3v) is 3.80. The van der Waals surface area contributed by atoms with Crippen molar-refractivity contribution >= 4 is 11.7 Å². The smallest absolute Gasteiger partial charge is 0.256 e. The van der Waals surface area contributed by atoms with Crippen LogP contribution in [-0.2, 0) is 6.54 Å². The molecule has 1 amide bonds. The molecule has 2 unspecified atom stereocenters. The molecule has 2 atom stereocenters. The fourth-order valence-electron chi connectivity index (χ4n) is 2.33. The molecule has 0 aliphatic heterocycles. The summed E-state index contributed by atoms with van der Waals surface area (Å²) in [4.78, 5) is 12.1. The number of rotatable bonds is 4. The Morgan fingerprint density at radius 2 is 2.15 bits per heavy atom. The Morgan fingerprint density at radius 3 is 2.75 bits per heavy atom. The first-order chi connectivity index (χ1) is 9.67. The van der Waals surface area contributed by atoms with E-state index >= 15 is 0 Å². The lowest BCUT2D eigenvalue weighted by Crippen LogP contribution is -2.12. The van der Waals surface area contributed by atoms with E-state index in [-0.39, 0.29) is 5.91 Å². The molecule has 0 saturated heterocycles. The number of carbonyl (C=O) groups excluding carboxylic acids is 1. The van der Waals surface area contributed by atoms with Crippen molar-refractivity contribution in [3.05, 3.63) is 47.2 Å². The van der Waals surface area contributed by atoms with Gasteiger partial charge in [0, 0.05) is 29.8 Å². The number of hydrogen-bond acceptors (Lipinski definition) is 3. The molecular formula is C15H18N4O. The number of nitrogens with one attached hydrogen (secondary N) is 2. The number of aromatic nitrogens is 2. The van der Waals surface area contributed by atoms with Gasteiger partial charge in [-0.1, -0.05) is 19.1 Å². The second-order valence-corrected chi connectivity index (χ2v) is 5.38. The Kier molecular flexibility index (Phi) is 3.28. The molecule has 4 N–H and O–H groups in total. The van der Waals surface area contributed by atoms with E-state index in [0.29, 0.717) is 29.8 Å². The van der Waals surface area contributed by atoms with E-state index in [4.69, 9.17) is 5.73 Å². The molecule has 1 fully saturated rings. The van der Waals surface area contributed by atoms with Gasteiger partial charge in [0.15, 0.2) is 5.82 Å². The zero-order chi connectivity index (χ0) is 14.1. The predicted octanol–water partition coefficient (Wildman–Crippen LogP) is 2.24. The van der Waals surface area contributed by atoms with Crippen LogP contribution in [0.1, 0.15) is 40.9 Å². The van der Waals surface area contributed by atoms with E-state index in [0.717, 1.165) is 11.3 Å². The van der Waals surface area contributed by atoms with Gasteiger partial charge in [0.1, 0.15) is 0 Å². The minimum Gasteiger partial charge on any atom is -0.326 e. The van der Waals surface area contributed by atoms with Crippen LogP contribution >= 0.6 is 0 Å². The van der Waals surface area contributed by atoms with Gasteiger partial charge in [-0.05, 0) is 30.0 Å². The van der Waals surface area contributed by atoms with E-state index in [1.807, 2.05) is 18.2 Å². The molecule has 5 heteroatoms. The van der Waals surface area contributed by atoms with Gasteiger partial charge in [0.2, 0.25) is 0 Å². The third-order valence-electron chi connectivity index (χ3n) is 3.80. The summed E-state index contributed by atoms with van der Waals surface area (Å²) in [5, 5.41) is 9.93. The molecule has 5 nitrogen and oxygen atoms in total. The standard InChI is InChI=1S/C15H18N4O/c1-9-6-12(9)13-7-14(19-18-13)17-15(20)11-4-2-10(8-16)3-5-11/h2-5,7,9,12H,6,8,16H2,1H3,(H2,17,18,19,20). The fourth-order valence-corrected chi connectivity index (χ4v) is 2.33.